The van der Waals surface area contributed by atoms with Crippen LogP contribution in [0.25, 0.3) is 0 Å². The highest BCUT2D eigenvalue weighted by Crippen LogP contribution is 2.19. The van der Waals surface area contributed by atoms with E-state index in [1.54, 1.807) is 6.07 Å². The molecule has 0 amide bonds. The van der Waals surface area contributed by atoms with Crippen LogP contribution in [-0.2, 0) is 4.74 Å². The van der Waals surface area contributed by atoms with Gasteiger partial charge in [0.05, 0.1) is 12.7 Å². The first-order chi connectivity index (χ1) is 10.8. The standard InChI is InChI=1S/C16H23N5O/c17-12-14-4-5-16(19-18-14)21-9-6-15(13-21)22-11-10-20-7-2-1-3-8-20/h4-5,15H,1-3,6-11,13H2. The highest BCUT2D eigenvalue weighted by molar-refractivity contribution is 5.40. The van der Waals surface area contributed by atoms with E-state index in [9.17, 15) is 0 Å². The number of nitrogens with zero attached hydrogens (tertiary/aromatic N) is 5. The number of likely N-dealkylation sites (tertiary alicyclic amines) is 1. The van der Waals surface area contributed by atoms with Crippen molar-refractivity contribution in [2.45, 2.75) is 31.8 Å². The Labute approximate surface area is 131 Å². The summed E-state index contributed by atoms with van der Waals surface area (Å²) in [4.78, 5) is 4.68. The van der Waals surface area contributed by atoms with Gasteiger partial charge in [0.15, 0.2) is 11.5 Å². The maximum absolute atomic E-state index is 8.75. The monoisotopic (exact) mass is 301 g/mol. The van der Waals surface area contributed by atoms with Crippen molar-refractivity contribution < 1.29 is 4.74 Å². The van der Waals surface area contributed by atoms with Gasteiger partial charge in [-0.25, -0.2) is 0 Å². The van der Waals surface area contributed by atoms with Crippen molar-refractivity contribution in [2.24, 2.45) is 0 Å². The molecule has 3 heterocycles. The van der Waals surface area contributed by atoms with Crippen molar-refractivity contribution in [2.75, 3.05) is 44.2 Å². The number of anilines is 1. The Hall–Kier alpha value is -1.71. The molecule has 0 spiro atoms. The topological polar surface area (TPSA) is 65.3 Å². The van der Waals surface area contributed by atoms with Crippen molar-refractivity contribution in [3.05, 3.63) is 17.8 Å². The maximum Gasteiger partial charge on any atom is 0.163 e. The summed E-state index contributed by atoms with van der Waals surface area (Å²) in [6, 6.07) is 5.57. The van der Waals surface area contributed by atoms with Crippen molar-refractivity contribution in [3.63, 3.8) is 0 Å². The highest BCUT2D eigenvalue weighted by Gasteiger charge is 2.24. The van der Waals surface area contributed by atoms with Gasteiger partial charge in [0, 0.05) is 19.6 Å². The lowest BCUT2D eigenvalue weighted by molar-refractivity contribution is 0.0467. The van der Waals surface area contributed by atoms with Gasteiger partial charge in [-0.1, -0.05) is 6.42 Å². The van der Waals surface area contributed by atoms with E-state index in [2.05, 4.69) is 20.0 Å². The Balaban J connectivity index is 1.40. The molecule has 2 fully saturated rings. The quantitative estimate of drug-likeness (QED) is 0.820. The molecule has 0 bridgehead atoms. The highest BCUT2D eigenvalue weighted by atomic mass is 16.5. The molecule has 1 unspecified atom stereocenters. The van der Waals surface area contributed by atoms with Crippen molar-refractivity contribution >= 4 is 5.82 Å². The molecule has 1 aromatic heterocycles. The predicted molar refractivity (Wildman–Crippen MR) is 83.6 cm³/mol. The second-order valence-corrected chi connectivity index (χ2v) is 6.02. The number of piperidine rings is 1. The molecule has 3 rings (SSSR count). The molecule has 2 saturated heterocycles. The molecule has 6 nitrogen and oxygen atoms in total. The van der Waals surface area contributed by atoms with Crippen LogP contribution in [0.15, 0.2) is 12.1 Å². The Morgan fingerprint density at radius 1 is 1.18 bits per heavy atom. The fourth-order valence-corrected chi connectivity index (χ4v) is 3.16. The molecule has 0 aromatic carbocycles. The lowest BCUT2D eigenvalue weighted by Gasteiger charge is -2.26. The fourth-order valence-electron chi connectivity index (χ4n) is 3.16. The van der Waals surface area contributed by atoms with Gasteiger partial charge in [0.25, 0.3) is 0 Å². The first-order valence-electron chi connectivity index (χ1n) is 8.18. The molecule has 0 N–H and O–H groups in total. The van der Waals surface area contributed by atoms with Gasteiger partial charge in [0.2, 0.25) is 0 Å². The predicted octanol–water partition coefficient (Wildman–Crippen LogP) is 1.43. The van der Waals surface area contributed by atoms with Crippen LogP contribution in [0.2, 0.25) is 0 Å². The summed E-state index contributed by atoms with van der Waals surface area (Å²) >= 11 is 0. The lowest BCUT2D eigenvalue weighted by Crippen LogP contribution is -2.34. The van der Waals surface area contributed by atoms with E-state index < -0.39 is 0 Å². The summed E-state index contributed by atoms with van der Waals surface area (Å²) in [5, 5.41) is 16.7. The largest absolute Gasteiger partial charge is 0.375 e. The van der Waals surface area contributed by atoms with Crippen LogP contribution in [0.5, 0.6) is 0 Å². The van der Waals surface area contributed by atoms with Gasteiger partial charge in [-0.3, -0.25) is 0 Å². The summed E-state index contributed by atoms with van der Waals surface area (Å²) < 4.78 is 6.02. The number of nitriles is 1. The van der Waals surface area contributed by atoms with Crippen molar-refractivity contribution in [3.8, 4) is 6.07 Å². The van der Waals surface area contributed by atoms with E-state index in [-0.39, 0.29) is 6.10 Å². The van der Waals surface area contributed by atoms with E-state index in [4.69, 9.17) is 10.00 Å². The number of aromatic nitrogens is 2. The van der Waals surface area contributed by atoms with Crippen LogP contribution in [0.4, 0.5) is 5.82 Å². The molecular formula is C16H23N5O. The smallest absolute Gasteiger partial charge is 0.163 e. The average Bonchev–Trinajstić information content (AvgIpc) is 3.05. The first-order valence-corrected chi connectivity index (χ1v) is 8.18. The molecule has 118 valence electrons. The van der Waals surface area contributed by atoms with E-state index in [1.165, 1.54) is 32.4 Å². The van der Waals surface area contributed by atoms with Crippen LogP contribution in [0.1, 0.15) is 31.4 Å². The summed E-state index contributed by atoms with van der Waals surface area (Å²) in [7, 11) is 0. The average molecular weight is 301 g/mol. The number of rotatable bonds is 5. The van der Waals surface area contributed by atoms with Crippen LogP contribution in [0.3, 0.4) is 0 Å². The van der Waals surface area contributed by atoms with E-state index >= 15 is 0 Å². The molecule has 2 aliphatic rings. The van der Waals surface area contributed by atoms with Gasteiger partial charge < -0.3 is 14.5 Å². The zero-order chi connectivity index (χ0) is 15.2. The summed E-state index contributed by atoms with van der Waals surface area (Å²) in [5.74, 6) is 0.834. The molecule has 0 saturated carbocycles. The summed E-state index contributed by atoms with van der Waals surface area (Å²) in [6.07, 6.45) is 5.34. The maximum atomic E-state index is 8.75. The molecule has 6 heteroatoms. The van der Waals surface area contributed by atoms with Crippen LogP contribution >= 0.6 is 0 Å². The second-order valence-electron chi connectivity index (χ2n) is 6.02. The van der Waals surface area contributed by atoms with Gasteiger partial charge in [-0.15, -0.1) is 10.2 Å². The minimum absolute atomic E-state index is 0.280. The molecule has 22 heavy (non-hydrogen) atoms. The Morgan fingerprint density at radius 2 is 2.05 bits per heavy atom. The number of hydrogen-bond acceptors (Lipinski definition) is 6. The van der Waals surface area contributed by atoms with Crippen molar-refractivity contribution in [1.29, 1.82) is 5.26 Å². The number of hydrogen-bond donors (Lipinski definition) is 0. The molecule has 0 aliphatic carbocycles. The normalized spacial score (nSPS) is 22.7. The van der Waals surface area contributed by atoms with Crippen LogP contribution in [0, 0.1) is 11.3 Å². The third-order valence-corrected chi connectivity index (χ3v) is 4.44. The minimum Gasteiger partial charge on any atom is -0.375 e. The SMILES string of the molecule is N#Cc1ccc(N2CCC(OCCN3CCCCC3)C2)nn1. The van der Waals surface area contributed by atoms with Crippen LogP contribution < -0.4 is 4.90 Å². The van der Waals surface area contributed by atoms with Gasteiger partial charge >= 0.3 is 0 Å². The van der Waals surface area contributed by atoms with Crippen LogP contribution in [-0.4, -0.2) is 60.5 Å². The van der Waals surface area contributed by atoms with E-state index in [1.807, 2.05) is 12.1 Å². The summed E-state index contributed by atoms with van der Waals surface area (Å²) in [5.41, 5.74) is 0.359. The second kappa shape index (κ2) is 7.52. The molecule has 1 aromatic rings. The molecule has 0 radical (unpaired) electrons. The molecule has 2 aliphatic heterocycles. The van der Waals surface area contributed by atoms with E-state index in [0.29, 0.717) is 5.69 Å². The lowest BCUT2D eigenvalue weighted by atomic mass is 10.1. The zero-order valence-corrected chi connectivity index (χ0v) is 12.9. The van der Waals surface area contributed by atoms with E-state index in [0.717, 1.165) is 38.5 Å². The third kappa shape index (κ3) is 3.93. The first kappa shape index (κ1) is 15.2. The third-order valence-electron chi connectivity index (χ3n) is 4.44. The fraction of sp³-hybridized carbons (Fsp3) is 0.688. The zero-order valence-electron chi connectivity index (χ0n) is 12.9. The Kier molecular flexibility index (Phi) is 5.20. The molecule has 1 atom stereocenters. The van der Waals surface area contributed by atoms with Gasteiger partial charge in [-0.2, -0.15) is 5.26 Å². The van der Waals surface area contributed by atoms with Gasteiger partial charge in [-0.05, 0) is 44.5 Å². The minimum atomic E-state index is 0.280. The summed E-state index contributed by atoms with van der Waals surface area (Å²) in [6.45, 7) is 6.11. The Bertz CT molecular complexity index is 506. The Morgan fingerprint density at radius 3 is 2.77 bits per heavy atom. The van der Waals surface area contributed by atoms with Gasteiger partial charge in [0.1, 0.15) is 6.07 Å². The molecular weight excluding hydrogens is 278 g/mol. The number of ether oxygens (including phenoxy) is 1. The van der Waals surface area contributed by atoms with Crippen molar-refractivity contribution in [1.82, 2.24) is 15.1 Å².